The number of carbonyl (C=O) groups is 2. The van der Waals surface area contributed by atoms with Gasteiger partial charge in [0, 0.05) is 43.6 Å². The van der Waals surface area contributed by atoms with E-state index >= 15 is 0 Å². The van der Waals surface area contributed by atoms with E-state index in [4.69, 9.17) is 4.74 Å². The summed E-state index contributed by atoms with van der Waals surface area (Å²) in [7, 11) is 1.86. The number of pyridine rings is 2. The molecule has 1 aliphatic rings. The predicted octanol–water partition coefficient (Wildman–Crippen LogP) is 4.12. The molecule has 0 radical (unpaired) electrons. The number of morpholine rings is 1. The lowest BCUT2D eigenvalue weighted by atomic mass is 10.1. The zero-order valence-corrected chi connectivity index (χ0v) is 19.3. The van der Waals surface area contributed by atoms with Crippen LogP contribution in [0.3, 0.4) is 0 Å². The second kappa shape index (κ2) is 9.90. The van der Waals surface area contributed by atoms with Crippen molar-refractivity contribution in [3.05, 3.63) is 90.4 Å². The zero-order chi connectivity index (χ0) is 24.2. The highest BCUT2D eigenvalue weighted by molar-refractivity contribution is 6.08. The summed E-state index contributed by atoms with van der Waals surface area (Å²) in [6, 6.07) is 20.6. The van der Waals surface area contributed by atoms with Crippen LogP contribution in [0.15, 0.2) is 79.1 Å². The molecule has 0 aliphatic carbocycles. The third-order valence-corrected chi connectivity index (χ3v) is 6.03. The lowest BCUT2D eigenvalue weighted by molar-refractivity contribution is 0.0299. The maximum atomic E-state index is 13.2. The van der Waals surface area contributed by atoms with E-state index < -0.39 is 0 Å². The highest BCUT2D eigenvalue weighted by Crippen LogP contribution is 2.28. The number of nitrogens with one attached hydrogen (secondary N) is 1. The summed E-state index contributed by atoms with van der Waals surface area (Å²) in [5.74, 6) is 0.0827. The molecule has 4 aromatic rings. The monoisotopic (exact) mass is 467 g/mol. The molecule has 2 amide bonds. The van der Waals surface area contributed by atoms with E-state index in [9.17, 15) is 9.59 Å². The number of para-hydroxylation sites is 1. The fourth-order valence-corrected chi connectivity index (χ4v) is 4.11. The van der Waals surface area contributed by atoms with E-state index in [-0.39, 0.29) is 11.8 Å². The van der Waals surface area contributed by atoms with Crippen LogP contribution in [-0.4, -0.2) is 60.0 Å². The van der Waals surface area contributed by atoms with Gasteiger partial charge in [0.05, 0.1) is 24.5 Å². The fourth-order valence-electron chi connectivity index (χ4n) is 4.11. The van der Waals surface area contributed by atoms with Crippen LogP contribution >= 0.6 is 0 Å². The minimum absolute atomic E-state index is 0.128. The van der Waals surface area contributed by atoms with Crippen molar-refractivity contribution in [1.82, 2.24) is 14.9 Å². The van der Waals surface area contributed by atoms with Crippen molar-refractivity contribution < 1.29 is 14.3 Å². The lowest BCUT2D eigenvalue weighted by Crippen LogP contribution is -2.41. The van der Waals surface area contributed by atoms with Crippen molar-refractivity contribution in [1.29, 1.82) is 0 Å². The molecule has 8 nitrogen and oxygen atoms in total. The molecule has 35 heavy (non-hydrogen) atoms. The average molecular weight is 468 g/mol. The van der Waals surface area contributed by atoms with Gasteiger partial charge in [0.1, 0.15) is 11.5 Å². The molecule has 0 bridgehead atoms. The van der Waals surface area contributed by atoms with E-state index in [0.717, 1.165) is 16.5 Å². The molecule has 3 heterocycles. The van der Waals surface area contributed by atoms with E-state index in [1.54, 1.807) is 29.4 Å². The summed E-state index contributed by atoms with van der Waals surface area (Å²) in [6.45, 7) is 2.15. The maximum Gasteiger partial charge on any atom is 0.272 e. The first-order valence-corrected chi connectivity index (χ1v) is 11.4. The third-order valence-electron chi connectivity index (χ3n) is 6.03. The molecule has 2 aromatic heterocycles. The smallest absolute Gasteiger partial charge is 0.272 e. The minimum atomic E-state index is -0.270. The Bertz CT molecular complexity index is 1380. The second-order valence-corrected chi connectivity index (χ2v) is 8.25. The second-order valence-electron chi connectivity index (χ2n) is 8.25. The van der Waals surface area contributed by atoms with Crippen molar-refractivity contribution in [3.63, 3.8) is 0 Å². The molecule has 1 fully saturated rings. The summed E-state index contributed by atoms with van der Waals surface area (Å²) in [5, 5.41) is 4.91. The van der Waals surface area contributed by atoms with Crippen molar-refractivity contribution in [2.75, 3.05) is 43.6 Å². The molecular weight excluding hydrogens is 442 g/mol. The number of ether oxygens (including phenoxy) is 1. The molecule has 0 unspecified atom stereocenters. The van der Waals surface area contributed by atoms with Crippen LogP contribution < -0.4 is 10.2 Å². The van der Waals surface area contributed by atoms with Crippen molar-refractivity contribution in [2.45, 2.75) is 0 Å². The molecular formula is C27H25N5O3. The van der Waals surface area contributed by atoms with Gasteiger partial charge in [-0.3, -0.25) is 14.6 Å². The molecule has 2 aromatic carbocycles. The summed E-state index contributed by atoms with van der Waals surface area (Å²) in [5.41, 5.74) is 2.30. The number of benzene rings is 2. The molecule has 176 valence electrons. The molecule has 0 spiro atoms. The number of nitrogens with zero attached hydrogens (tertiary/aromatic N) is 4. The van der Waals surface area contributed by atoms with Crippen LogP contribution in [0, 0.1) is 0 Å². The number of aromatic nitrogens is 2. The number of carbonyl (C=O) groups excluding carboxylic acids is 2. The van der Waals surface area contributed by atoms with Gasteiger partial charge in [-0.05, 0) is 35.7 Å². The quantitative estimate of drug-likeness (QED) is 0.475. The van der Waals surface area contributed by atoms with E-state index in [1.807, 2.05) is 66.5 Å². The largest absolute Gasteiger partial charge is 0.378 e. The Morgan fingerprint density at radius 3 is 2.51 bits per heavy atom. The Morgan fingerprint density at radius 2 is 1.69 bits per heavy atom. The van der Waals surface area contributed by atoms with Gasteiger partial charge in [0.15, 0.2) is 0 Å². The number of hydrogen-bond acceptors (Lipinski definition) is 6. The number of anilines is 3. The first-order valence-electron chi connectivity index (χ1n) is 11.4. The minimum Gasteiger partial charge on any atom is -0.378 e. The highest BCUT2D eigenvalue weighted by atomic mass is 16.5. The SMILES string of the molecule is CN(c1ccnc(C(=O)N2CCOCC2)c1)c1ccccc1C(=O)Nc1cc2ccccc2cn1. The van der Waals surface area contributed by atoms with Crippen LogP contribution in [0.5, 0.6) is 0 Å². The number of fused-ring (bicyclic) bond motifs is 1. The maximum absolute atomic E-state index is 13.2. The molecule has 0 saturated carbocycles. The Balaban J connectivity index is 1.39. The van der Waals surface area contributed by atoms with Gasteiger partial charge in [-0.2, -0.15) is 0 Å². The zero-order valence-electron chi connectivity index (χ0n) is 19.3. The Morgan fingerprint density at radius 1 is 0.943 bits per heavy atom. The van der Waals surface area contributed by atoms with Crippen LogP contribution in [0.2, 0.25) is 0 Å². The molecule has 1 aliphatic heterocycles. The lowest BCUT2D eigenvalue weighted by Gasteiger charge is -2.27. The average Bonchev–Trinajstić information content (AvgIpc) is 2.92. The molecule has 8 heteroatoms. The first-order chi connectivity index (χ1) is 17.1. The molecule has 1 N–H and O–H groups in total. The fraction of sp³-hybridized carbons (Fsp3) is 0.185. The predicted molar refractivity (Wildman–Crippen MR) is 135 cm³/mol. The van der Waals surface area contributed by atoms with Crippen molar-refractivity contribution in [2.24, 2.45) is 0 Å². The Labute approximate surface area is 203 Å². The Hall–Kier alpha value is -4.30. The molecule has 5 rings (SSSR count). The number of rotatable bonds is 5. The third kappa shape index (κ3) is 4.83. The Kier molecular flexibility index (Phi) is 6.36. The van der Waals surface area contributed by atoms with Gasteiger partial charge in [-0.15, -0.1) is 0 Å². The van der Waals surface area contributed by atoms with Gasteiger partial charge in [-0.25, -0.2) is 4.98 Å². The normalized spacial score (nSPS) is 13.5. The summed E-state index contributed by atoms with van der Waals surface area (Å²) in [6.07, 6.45) is 3.36. The number of amides is 2. The van der Waals surface area contributed by atoms with Crippen molar-refractivity contribution >= 4 is 39.8 Å². The summed E-state index contributed by atoms with van der Waals surface area (Å²) >= 11 is 0. The van der Waals surface area contributed by atoms with Gasteiger partial charge in [-0.1, -0.05) is 36.4 Å². The van der Waals surface area contributed by atoms with Gasteiger partial charge in [0.2, 0.25) is 0 Å². The van der Waals surface area contributed by atoms with E-state index in [0.29, 0.717) is 49.1 Å². The van der Waals surface area contributed by atoms with Gasteiger partial charge < -0.3 is 19.9 Å². The summed E-state index contributed by atoms with van der Waals surface area (Å²) in [4.78, 5) is 38.4. The number of hydrogen-bond donors (Lipinski definition) is 1. The van der Waals surface area contributed by atoms with Crippen LogP contribution in [0.25, 0.3) is 10.8 Å². The highest BCUT2D eigenvalue weighted by Gasteiger charge is 2.21. The van der Waals surface area contributed by atoms with E-state index in [2.05, 4.69) is 15.3 Å². The van der Waals surface area contributed by atoms with E-state index in [1.165, 1.54) is 0 Å². The standard InChI is InChI=1S/C27H25N5O3/c1-31(21-10-11-28-23(17-21)27(34)32-12-14-35-15-13-32)24-9-5-4-8-22(24)26(33)30-25-16-19-6-2-3-7-20(19)18-29-25/h2-11,16-18H,12-15H2,1H3,(H,29,30,33). The molecule has 1 saturated heterocycles. The van der Waals surface area contributed by atoms with Crippen LogP contribution in [-0.2, 0) is 4.74 Å². The van der Waals surface area contributed by atoms with Crippen molar-refractivity contribution in [3.8, 4) is 0 Å². The van der Waals surface area contributed by atoms with Gasteiger partial charge in [0.25, 0.3) is 11.8 Å². The molecule has 0 atom stereocenters. The van der Waals surface area contributed by atoms with Crippen LogP contribution in [0.4, 0.5) is 17.2 Å². The first kappa shape index (κ1) is 22.5. The van der Waals surface area contributed by atoms with Crippen LogP contribution in [0.1, 0.15) is 20.8 Å². The van der Waals surface area contributed by atoms with Gasteiger partial charge >= 0.3 is 0 Å². The summed E-state index contributed by atoms with van der Waals surface area (Å²) < 4.78 is 5.34. The topological polar surface area (TPSA) is 87.7 Å².